The predicted octanol–water partition coefficient (Wildman–Crippen LogP) is 1.78. The van der Waals surface area contributed by atoms with Gasteiger partial charge in [-0.2, -0.15) is 0 Å². The molecule has 124 valence electrons. The molecule has 0 aromatic heterocycles. The van der Waals surface area contributed by atoms with Crippen LogP contribution in [-0.2, 0) is 4.79 Å². The summed E-state index contributed by atoms with van der Waals surface area (Å²) in [7, 11) is 1.61. The molecule has 1 atom stereocenters. The molecule has 2 aliphatic rings. The lowest BCUT2D eigenvalue weighted by molar-refractivity contribution is -0.133. The van der Waals surface area contributed by atoms with Gasteiger partial charge in [0.05, 0.1) is 13.2 Å². The maximum atomic E-state index is 12.6. The number of hydrogen-bond acceptors (Lipinski definition) is 5. The summed E-state index contributed by atoms with van der Waals surface area (Å²) >= 11 is 1.76. The number of Topliss-reactive ketones (excluding diaryl/α,β-unsaturated/α-hetero) is 1. The maximum absolute atomic E-state index is 12.6. The van der Waals surface area contributed by atoms with E-state index in [2.05, 4.69) is 5.32 Å². The highest BCUT2D eigenvalue weighted by Crippen LogP contribution is 2.24. The first-order valence-electron chi connectivity index (χ1n) is 7.97. The van der Waals surface area contributed by atoms with Crippen molar-refractivity contribution in [2.45, 2.75) is 18.9 Å². The van der Waals surface area contributed by atoms with E-state index in [9.17, 15) is 9.59 Å². The molecule has 0 saturated carbocycles. The topological polar surface area (TPSA) is 58.6 Å². The van der Waals surface area contributed by atoms with Gasteiger partial charge in [0.2, 0.25) is 5.91 Å². The van der Waals surface area contributed by atoms with Gasteiger partial charge >= 0.3 is 0 Å². The third-order valence-electron chi connectivity index (χ3n) is 4.57. The quantitative estimate of drug-likeness (QED) is 0.851. The summed E-state index contributed by atoms with van der Waals surface area (Å²) in [6, 6.07) is 7.22. The molecule has 1 N–H and O–H groups in total. The van der Waals surface area contributed by atoms with Crippen LogP contribution in [0.4, 0.5) is 0 Å². The first-order chi connectivity index (χ1) is 11.2. The number of nitrogens with one attached hydrogen (secondary N) is 1. The van der Waals surface area contributed by atoms with Crippen molar-refractivity contribution >= 4 is 23.5 Å². The van der Waals surface area contributed by atoms with Gasteiger partial charge in [-0.25, -0.2) is 0 Å². The van der Waals surface area contributed by atoms with Gasteiger partial charge in [-0.05, 0) is 37.1 Å². The fraction of sp³-hybridized carbons (Fsp3) is 0.529. The number of methoxy groups -OCH3 is 1. The number of nitrogens with zero attached hydrogens (tertiary/aromatic N) is 1. The average molecular weight is 334 g/mol. The highest BCUT2D eigenvalue weighted by Gasteiger charge is 2.32. The standard InChI is InChI=1S/C17H22N2O3S/c1-22-14-4-2-12(3-5-14)16(20)13-6-8-19(9-7-13)17(21)15-10-23-11-18-15/h2-5,13,15,18H,6-11H2,1H3. The van der Waals surface area contributed by atoms with Crippen LogP contribution in [0.2, 0.25) is 0 Å². The van der Waals surface area contributed by atoms with Crippen molar-refractivity contribution in [2.24, 2.45) is 5.92 Å². The minimum Gasteiger partial charge on any atom is -0.497 e. The lowest BCUT2D eigenvalue weighted by Gasteiger charge is -2.32. The summed E-state index contributed by atoms with van der Waals surface area (Å²) < 4.78 is 5.12. The number of carbonyl (C=O) groups excluding carboxylic acids is 2. The van der Waals surface area contributed by atoms with Crippen LogP contribution >= 0.6 is 11.8 Å². The van der Waals surface area contributed by atoms with Crippen LogP contribution in [0.5, 0.6) is 5.75 Å². The molecule has 2 fully saturated rings. The molecule has 2 heterocycles. The molecule has 0 aliphatic carbocycles. The van der Waals surface area contributed by atoms with Gasteiger partial charge in [-0.15, -0.1) is 11.8 Å². The Balaban J connectivity index is 1.55. The van der Waals surface area contributed by atoms with E-state index in [1.54, 1.807) is 18.9 Å². The fourth-order valence-electron chi connectivity index (χ4n) is 3.13. The molecular weight excluding hydrogens is 312 g/mol. The Morgan fingerprint density at radius 2 is 1.91 bits per heavy atom. The molecule has 2 saturated heterocycles. The lowest BCUT2D eigenvalue weighted by atomic mass is 9.88. The van der Waals surface area contributed by atoms with Crippen molar-refractivity contribution in [1.29, 1.82) is 0 Å². The number of ketones is 1. The maximum Gasteiger partial charge on any atom is 0.240 e. The number of carbonyl (C=O) groups is 2. The van der Waals surface area contributed by atoms with Crippen molar-refractivity contribution in [3.05, 3.63) is 29.8 Å². The van der Waals surface area contributed by atoms with E-state index in [0.717, 1.165) is 35.8 Å². The highest BCUT2D eigenvalue weighted by molar-refractivity contribution is 7.99. The molecular formula is C17H22N2O3S. The van der Waals surface area contributed by atoms with Crippen molar-refractivity contribution in [1.82, 2.24) is 10.2 Å². The number of piperidine rings is 1. The van der Waals surface area contributed by atoms with E-state index in [4.69, 9.17) is 4.74 Å². The van der Waals surface area contributed by atoms with Crippen LogP contribution in [0.25, 0.3) is 0 Å². The minimum atomic E-state index is -0.0474. The van der Waals surface area contributed by atoms with Gasteiger partial charge in [-0.1, -0.05) is 0 Å². The zero-order valence-corrected chi connectivity index (χ0v) is 14.1. The Labute approximate surface area is 140 Å². The summed E-state index contributed by atoms with van der Waals surface area (Å²) in [5, 5.41) is 3.22. The van der Waals surface area contributed by atoms with Crippen LogP contribution in [-0.4, -0.2) is 54.5 Å². The Morgan fingerprint density at radius 3 is 2.48 bits per heavy atom. The smallest absolute Gasteiger partial charge is 0.240 e. The van der Waals surface area contributed by atoms with Gasteiger partial charge in [0.15, 0.2) is 5.78 Å². The van der Waals surface area contributed by atoms with Crippen molar-refractivity contribution in [3.63, 3.8) is 0 Å². The second kappa shape index (κ2) is 7.36. The number of amides is 1. The zero-order valence-electron chi connectivity index (χ0n) is 13.3. The Kier molecular flexibility index (Phi) is 5.23. The Hall–Kier alpha value is -1.53. The highest BCUT2D eigenvalue weighted by atomic mass is 32.2. The minimum absolute atomic E-state index is 0.0124. The van der Waals surface area contributed by atoms with Crippen molar-refractivity contribution in [2.75, 3.05) is 31.8 Å². The average Bonchev–Trinajstić information content (AvgIpc) is 3.15. The van der Waals surface area contributed by atoms with Crippen LogP contribution in [0, 0.1) is 5.92 Å². The summed E-state index contributed by atoms with van der Waals surface area (Å²) in [5.41, 5.74) is 0.726. The monoisotopic (exact) mass is 334 g/mol. The fourth-order valence-corrected chi connectivity index (χ4v) is 4.06. The van der Waals surface area contributed by atoms with E-state index in [1.165, 1.54) is 0 Å². The summed E-state index contributed by atoms with van der Waals surface area (Å²) in [5.74, 6) is 2.83. The summed E-state index contributed by atoms with van der Waals surface area (Å²) in [6.45, 7) is 1.35. The van der Waals surface area contributed by atoms with Crippen molar-refractivity contribution in [3.8, 4) is 5.75 Å². The molecule has 0 spiro atoms. The SMILES string of the molecule is COc1ccc(C(=O)C2CCN(C(=O)C3CSCN3)CC2)cc1. The normalized spacial score (nSPS) is 22.1. The zero-order chi connectivity index (χ0) is 16.2. The van der Waals surface area contributed by atoms with Gasteiger partial charge in [0.1, 0.15) is 5.75 Å². The molecule has 23 heavy (non-hydrogen) atoms. The third-order valence-corrected chi connectivity index (χ3v) is 5.51. The van der Waals surface area contributed by atoms with Crippen LogP contribution in [0.15, 0.2) is 24.3 Å². The van der Waals surface area contributed by atoms with Gasteiger partial charge < -0.3 is 9.64 Å². The molecule has 2 aliphatic heterocycles. The molecule has 1 unspecified atom stereocenters. The number of rotatable bonds is 4. The molecule has 1 amide bonds. The van der Waals surface area contributed by atoms with Crippen LogP contribution < -0.4 is 10.1 Å². The van der Waals surface area contributed by atoms with E-state index in [-0.39, 0.29) is 23.7 Å². The molecule has 6 heteroatoms. The predicted molar refractivity (Wildman–Crippen MR) is 90.9 cm³/mol. The number of hydrogen-bond donors (Lipinski definition) is 1. The van der Waals surface area contributed by atoms with Gasteiger partial charge in [0.25, 0.3) is 0 Å². The second-order valence-electron chi connectivity index (χ2n) is 5.96. The van der Waals surface area contributed by atoms with E-state index < -0.39 is 0 Å². The molecule has 3 rings (SSSR count). The Morgan fingerprint density at radius 1 is 1.22 bits per heavy atom. The van der Waals surface area contributed by atoms with E-state index in [0.29, 0.717) is 13.1 Å². The largest absolute Gasteiger partial charge is 0.497 e. The lowest BCUT2D eigenvalue weighted by Crippen LogP contribution is -2.48. The molecule has 0 radical (unpaired) electrons. The van der Waals surface area contributed by atoms with Crippen LogP contribution in [0.3, 0.4) is 0 Å². The third kappa shape index (κ3) is 3.70. The van der Waals surface area contributed by atoms with Crippen molar-refractivity contribution < 1.29 is 14.3 Å². The molecule has 1 aromatic carbocycles. The van der Waals surface area contributed by atoms with E-state index >= 15 is 0 Å². The first kappa shape index (κ1) is 16.3. The molecule has 5 nitrogen and oxygen atoms in total. The number of thioether (sulfide) groups is 1. The summed E-state index contributed by atoms with van der Waals surface area (Å²) in [6.07, 6.45) is 1.49. The number of likely N-dealkylation sites (tertiary alicyclic amines) is 1. The van der Waals surface area contributed by atoms with Crippen LogP contribution in [0.1, 0.15) is 23.2 Å². The molecule has 1 aromatic rings. The van der Waals surface area contributed by atoms with Gasteiger partial charge in [0, 0.05) is 36.2 Å². The Bertz CT molecular complexity index is 562. The van der Waals surface area contributed by atoms with Gasteiger partial charge in [-0.3, -0.25) is 14.9 Å². The summed E-state index contributed by atoms with van der Waals surface area (Å²) in [4.78, 5) is 26.8. The number of benzene rings is 1. The first-order valence-corrected chi connectivity index (χ1v) is 9.12. The van der Waals surface area contributed by atoms with E-state index in [1.807, 2.05) is 29.2 Å². The molecule has 0 bridgehead atoms. The second-order valence-corrected chi connectivity index (χ2v) is 6.99. The number of ether oxygens (including phenoxy) is 1.